The van der Waals surface area contributed by atoms with E-state index in [0.717, 1.165) is 6.07 Å². The van der Waals surface area contributed by atoms with E-state index in [2.05, 4.69) is 20.9 Å². The van der Waals surface area contributed by atoms with Gasteiger partial charge in [0.05, 0.1) is 18.2 Å². The number of halogens is 4. The Balaban J connectivity index is 3.25. The van der Waals surface area contributed by atoms with Crippen molar-refractivity contribution in [3.63, 3.8) is 0 Å². The minimum Gasteiger partial charge on any atom is -0.461 e. The molecule has 94 valence electrons. The van der Waals surface area contributed by atoms with Crippen molar-refractivity contribution in [1.29, 1.82) is 0 Å². The van der Waals surface area contributed by atoms with Crippen molar-refractivity contribution in [2.75, 3.05) is 6.61 Å². The third-order valence-corrected chi connectivity index (χ3v) is 3.07. The highest BCUT2D eigenvalue weighted by atomic mass is 79.9. The van der Waals surface area contributed by atoms with Crippen LogP contribution in [0.25, 0.3) is 0 Å². The fraction of sp³-hybridized carbons (Fsp3) is 0.400. The minimum atomic E-state index is -2.72. The zero-order valence-corrected chi connectivity index (χ0v) is 11.2. The second-order valence-corrected chi connectivity index (χ2v) is 4.07. The number of hydrogen-bond acceptors (Lipinski definition) is 3. The van der Waals surface area contributed by atoms with Gasteiger partial charge >= 0.3 is 5.97 Å². The molecule has 7 heteroatoms. The van der Waals surface area contributed by atoms with Crippen LogP contribution in [0.1, 0.15) is 35.1 Å². The van der Waals surface area contributed by atoms with E-state index < -0.39 is 12.4 Å². The maximum absolute atomic E-state index is 12.7. The molecule has 0 spiro atoms. The molecule has 3 nitrogen and oxygen atoms in total. The lowest BCUT2D eigenvalue weighted by atomic mass is 10.2. The van der Waals surface area contributed by atoms with Crippen LogP contribution in [0.4, 0.5) is 8.78 Å². The van der Waals surface area contributed by atoms with Gasteiger partial charge in [-0.2, -0.15) is 0 Å². The number of pyridine rings is 1. The molecule has 1 aromatic rings. The fourth-order valence-electron chi connectivity index (χ4n) is 1.16. The third-order valence-electron chi connectivity index (χ3n) is 1.90. The van der Waals surface area contributed by atoms with Gasteiger partial charge < -0.3 is 4.74 Å². The van der Waals surface area contributed by atoms with E-state index in [-0.39, 0.29) is 33.9 Å². The van der Waals surface area contributed by atoms with E-state index in [4.69, 9.17) is 16.3 Å². The Kier molecular flexibility index (Phi) is 5.27. The Morgan fingerprint density at radius 3 is 2.76 bits per heavy atom. The lowest BCUT2D eigenvalue weighted by molar-refractivity contribution is 0.0518. The molecular formula is C10H9BrClF2NO2. The van der Waals surface area contributed by atoms with Gasteiger partial charge in [-0.05, 0) is 28.9 Å². The molecule has 0 aliphatic rings. The maximum atomic E-state index is 12.7. The molecule has 1 rings (SSSR count). The number of aromatic nitrogens is 1. The number of hydrogen-bond donors (Lipinski definition) is 0. The summed E-state index contributed by atoms with van der Waals surface area (Å²) >= 11 is 8.56. The van der Waals surface area contributed by atoms with Gasteiger partial charge in [0, 0.05) is 10.0 Å². The van der Waals surface area contributed by atoms with E-state index >= 15 is 0 Å². The Morgan fingerprint density at radius 1 is 1.65 bits per heavy atom. The monoisotopic (exact) mass is 327 g/mol. The first-order chi connectivity index (χ1) is 8.01. The second kappa shape index (κ2) is 6.26. The maximum Gasteiger partial charge on any atom is 0.356 e. The zero-order valence-electron chi connectivity index (χ0n) is 8.84. The van der Waals surface area contributed by atoms with Crippen molar-refractivity contribution in [1.82, 2.24) is 4.98 Å². The van der Waals surface area contributed by atoms with Gasteiger partial charge in [-0.1, -0.05) is 0 Å². The molecule has 0 atom stereocenters. The molecule has 0 N–H and O–H groups in total. The molecule has 17 heavy (non-hydrogen) atoms. The predicted molar refractivity (Wildman–Crippen MR) is 62.4 cm³/mol. The molecule has 0 aliphatic heterocycles. The highest BCUT2D eigenvalue weighted by Gasteiger charge is 2.20. The molecule has 0 saturated heterocycles. The van der Waals surface area contributed by atoms with Crippen LogP contribution in [0.3, 0.4) is 0 Å². The number of nitrogens with zero attached hydrogens (tertiary/aromatic N) is 1. The van der Waals surface area contributed by atoms with E-state index in [1.54, 1.807) is 6.92 Å². The molecule has 0 saturated carbocycles. The summed E-state index contributed by atoms with van der Waals surface area (Å²) in [6.07, 6.45) is -2.72. The number of alkyl halides is 3. The van der Waals surface area contributed by atoms with Gasteiger partial charge in [0.15, 0.2) is 0 Å². The smallest absolute Gasteiger partial charge is 0.356 e. The Labute approximate surface area is 110 Å². The van der Waals surface area contributed by atoms with Gasteiger partial charge in [0.25, 0.3) is 6.43 Å². The van der Waals surface area contributed by atoms with Crippen molar-refractivity contribution in [2.24, 2.45) is 0 Å². The van der Waals surface area contributed by atoms with Crippen molar-refractivity contribution in [3.05, 3.63) is 27.5 Å². The largest absolute Gasteiger partial charge is 0.461 e. The summed E-state index contributed by atoms with van der Waals surface area (Å²) in [7, 11) is 0. The van der Waals surface area contributed by atoms with E-state index in [1.165, 1.54) is 0 Å². The minimum absolute atomic E-state index is 0.0758. The summed E-state index contributed by atoms with van der Waals surface area (Å²) in [4.78, 5) is 15.3. The number of esters is 1. The Morgan fingerprint density at radius 2 is 2.29 bits per heavy atom. The van der Waals surface area contributed by atoms with Crippen LogP contribution in [-0.4, -0.2) is 17.6 Å². The fourth-order valence-corrected chi connectivity index (χ4v) is 2.03. The normalized spacial score (nSPS) is 10.7. The highest BCUT2D eigenvalue weighted by Crippen LogP contribution is 2.30. The highest BCUT2D eigenvalue weighted by molar-refractivity contribution is 9.10. The summed E-state index contributed by atoms with van der Waals surface area (Å²) in [6, 6.07) is 1.00. The molecule has 1 aromatic heterocycles. The first-order valence-corrected chi connectivity index (χ1v) is 6.04. The van der Waals surface area contributed by atoms with Crippen molar-refractivity contribution < 1.29 is 18.3 Å². The summed E-state index contributed by atoms with van der Waals surface area (Å²) < 4.78 is 30.3. The standard InChI is InChI=1S/C10H9BrClF2NO2/c1-2-17-10(16)6-3-5(9(13)14)8(11)7(4-12)15-6/h3,9H,2,4H2,1H3. The van der Waals surface area contributed by atoms with Gasteiger partial charge in [-0.25, -0.2) is 18.6 Å². The lowest BCUT2D eigenvalue weighted by Gasteiger charge is -2.09. The van der Waals surface area contributed by atoms with Crippen LogP contribution in [0.5, 0.6) is 0 Å². The topological polar surface area (TPSA) is 39.2 Å². The number of ether oxygens (including phenoxy) is 1. The van der Waals surface area contributed by atoms with E-state index in [9.17, 15) is 13.6 Å². The molecule has 0 unspecified atom stereocenters. The summed E-state index contributed by atoms with van der Waals surface area (Å²) in [5.74, 6) is -0.818. The predicted octanol–water partition coefficient (Wildman–Crippen LogP) is 3.70. The SMILES string of the molecule is CCOC(=O)c1cc(C(F)F)c(Br)c(CCl)n1. The Bertz CT molecular complexity index is 429. The molecule has 0 amide bonds. The summed E-state index contributed by atoms with van der Waals surface area (Å²) in [5, 5.41) is 0. The van der Waals surface area contributed by atoms with Crippen LogP contribution in [-0.2, 0) is 10.6 Å². The van der Waals surface area contributed by atoms with Crippen LogP contribution in [0, 0.1) is 0 Å². The van der Waals surface area contributed by atoms with E-state index in [1.807, 2.05) is 0 Å². The van der Waals surface area contributed by atoms with Crippen LogP contribution in [0.2, 0.25) is 0 Å². The van der Waals surface area contributed by atoms with Gasteiger partial charge in [0.2, 0.25) is 0 Å². The average molecular weight is 329 g/mol. The third kappa shape index (κ3) is 3.35. The second-order valence-electron chi connectivity index (χ2n) is 3.01. The molecular weight excluding hydrogens is 319 g/mol. The quantitative estimate of drug-likeness (QED) is 0.625. The molecule has 0 aliphatic carbocycles. The number of rotatable bonds is 4. The number of carbonyl (C=O) groups excluding carboxylic acids is 1. The zero-order chi connectivity index (χ0) is 13.0. The van der Waals surface area contributed by atoms with Crippen LogP contribution < -0.4 is 0 Å². The van der Waals surface area contributed by atoms with Crippen molar-refractivity contribution in [3.8, 4) is 0 Å². The molecule has 0 fully saturated rings. The van der Waals surface area contributed by atoms with Crippen molar-refractivity contribution >= 4 is 33.5 Å². The van der Waals surface area contributed by atoms with Crippen LogP contribution >= 0.6 is 27.5 Å². The van der Waals surface area contributed by atoms with Crippen LogP contribution in [0.15, 0.2) is 10.5 Å². The van der Waals surface area contributed by atoms with E-state index in [0.29, 0.717) is 0 Å². The Hall–Kier alpha value is -0.750. The molecule has 1 heterocycles. The summed E-state index contributed by atoms with van der Waals surface area (Å²) in [5.41, 5.74) is -0.299. The number of carbonyl (C=O) groups is 1. The van der Waals surface area contributed by atoms with Gasteiger partial charge in [-0.3, -0.25) is 0 Å². The van der Waals surface area contributed by atoms with Gasteiger partial charge in [-0.15, -0.1) is 11.6 Å². The first-order valence-electron chi connectivity index (χ1n) is 4.71. The lowest BCUT2D eigenvalue weighted by Crippen LogP contribution is -2.10. The first kappa shape index (κ1) is 14.3. The average Bonchev–Trinajstić information content (AvgIpc) is 2.29. The molecule has 0 radical (unpaired) electrons. The molecule has 0 aromatic carbocycles. The van der Waals surface area contributed by atoms with Crippen molar-refractivity contribution in [2.45, 2.75) is 19.2 Å². The summed E-state index contributed by atoms with van der Waals surface area (Å²) in [6.45, 7) is 1.77. The molecule has 0 bridgehead atoms. The van der Waals surface area contributed by atoms with Gasteiger partial charge in [0.1, 0.15) is 5.69 Å².